The number of aryl methyl sites for hydroxylation is 1. The van der Waals surface area contributed by atoms with E-state index in [0.717, 1.165) is 24.3 Å². The molecule has 0 saturated carbocycles. The fourth-order valence-corrected chi connectivity index (χ4v) is 2.23. The van der Waals surface area contributed by atoms with Crippen LogP contribution in [0.3, 0.4) is 0 Å². The normalized spacial score (nSPS) is 16.4. The fourth-order valence-electron chi connectivity index (χ4n) is 2.23. The molecule has 0 aromatic heterocycles. The van der Waals surface area contributed by atoms with Gasteiger partial charge in [-0.1, -0.05) is 13.8 Å². The predicted octanol–water partition coefficient (Wildman–Crippen LogP) is 2.56. The van der Waals surface area contributed by atoms with Gasteiger partial charge in [0.2, 0.25) is 0 Å². The zero-order valence-corrected chi connectivity index (χ0v) is 12.4. The van der Waals surface area contributed by atoms with Crippen molar-refractivity contribution in [1.82, 2.24) is 0 Å². The van der Waals surface area contributed by atoms with Gasteiger partial charge >= 0.3 is 108 Å². The first-order valence-electron chi connectivity index (χ1n) is 7.35. The second-order valence-electron chi connectivity index (χ2n) is 5.83. The summed E-state index contributed by atoms with van der Waals surface area (Å²) >= 11 is 0. The van der Waals surface area contributed by atoms with Crippen LogP contribution in [0.2, 0.25) is 0 Å². The van der Waals surface area contributed by atoms with Crippen LogP contribution in [0.5, 0.6) is 0 Å². The molecule has 1 N–H and O–H groups in total. The Labute approximate surface area is 122 Å². The number of hydrogen-bond donors (Lipinski definition) is 1. The molecule has 1 aliphatic heterocycles. The number of hydrogen-bond acceptors (Lipinski definition) is 1. The van der Waals surface area contributed by atoms with E-state index in [9.17, 15) is 0 Å². The van der Waals surface area contributed by atoms with E-state index >= 15 is 0 Å². The third-order valence-corrected chi connectivity index (χ3v) is 3.61. The number of nitrogens with zero attached hydrogens (tertiary/aromatic N) is 1. The van der Waals surface area contributed by atoms with Crippen molar-refractivity contribution >= 4 is 18.8 Å². The van der Waals surface area contributed by atoms with Gasteiger partial charge in [0.15, 0.2) is 0 Å². The first-order valence-corrected chi connectivity index (χ1v) is 7.35. The second-order valence-corrected chi connectivity index (χ2v) is 5.83. The first-order chi connectivity index (χ1) is 9.67. The van der Waals surface area contributed by atoms with Gasteiger partial charge in [-0.05, 0) is 0 Å². The standard InChI is InChI=1S/C17H23BNO/c1-14(2)3-4-15-5-7-16(8-6-15)13-19-11-9-17(18-20)10-12-19/h5-9,11-12,14,20H,3-4,10,13H2,1-2H3/q+1. The molecule has 20 heavy (non-hydrogen) atoms. The van der Waals surface area contributed by atoms with E-state index in [4.69, 9.17) is 5.02 Å². The average Bonchev–Trinajstić information content (AvgIpc) is 2.47. The third-order valence-electron chi connectivity index (χ3n) is 3.61. The van der Waals surface area contributed by atoms with Crippen LogP contribution in [0.4, 0.5) is 0 Å². The Hall–Kier alpha value is -1.64. The van der Waals surface area contributed by atoms with Crippen LogP contribution in [0.15, 0.2) is 36.5 Å². The number of benzene rings is 1. The van der Waals surface area contributed by atoms with Crippen molar-refractivity contribution in [2.45, 2.75) is 39.7 Å². The molecule has 0 saturated heterocycles. The number of allylic oxidation sites excluding steroid dienone is 1. The van der Waals surface area contributed by atoms with E-state index in [1.807, 2.05) is 12.3 Å². The fraction of sp³-hybridized carbons (Fsp3) is 0.412. The molecule has 104 valence electrons. The van der Waals surface area contributed by atoms with Gasteiger partial charge in [-0.3, -0.25) is 0 Å². The summed E-state index contributed by atoms with van der Waals surface area (Å²) in [4.78, 5) is 0. The van der Waals surface area contributed by atoms with Crippen molar-refractivity contribution < 1.29 is 9.60 Å². The molecular formula is C17H23BNO+. The van der Waals surface area contributed by atoms with Gasteiger partial charge in [-0.25, -0.2) is 0 Å². The van der Waals surface area contributed by atoms with E-state index < -0.39 is 0 Å². The molecule has 0 aliphatic carbocycles. The van der Waals surface area contributed by atoms with Gasteiger partial charge < -0.3 is 0 Å². The summed E-state index contributed by atoms with van der Waals surface area (Å²) in [6.45, 7) is 5.42. The molecule has 0 bridgehead atoms. The van der Waals surface area contributed by atoms with Crippen LogP contribution in [0.1, 0.15) is 37.8 Å². The van der Waals surface area contributed by atoms with Crippen molar-refractivity contribution in [3.8, 4) is 0 Å². The van der Waals surface area contributed by atoms with Crippen molar-refractivity contribution in [2.24, 2.45) is 5.92 Å². The molecule has 0 atom stereocenters. The maximum atomic E-state index is 8.94. The number of rotatable bonds is 5. The molecule has 2 rings (SSSR count). The molecule has 1 aromatic carbocycles. The zero-order valence-electron chi connectivity index (χ0n) is 12.4. The Kier molecular flexibility index (Phi) is 5.34. The molecule has 0 fully saturated rings. The Morgan fingerprint density at radius 1 is 1.20 bits per heavy atom. The van der Waals surface area contributed by atoms with Crippen molar-refractivity contribution in [3.63, 3.8) is 0 Å². The summed E-state index contributed by atoms with van der Waals surface area (Å²) in [6.07, 6.45) is 9.28. The minimum absolute atomic E-state index is 0.761. The van der Waals surface area contributed by atoms with Gasteiger partial charge in [0.25, 0.3) is 0 Å². The van der Waals surface area contributed by atoms with Crippen LogP contribution >= 0.6 is 0 Å². The van der Waals surface area contributed by atoms with E-state index in [1.165, 1.54) is 31.1 Å². The van der Waals surface area contributed by atoms with E-state index in [-0.39, 0.29) is 0 Å². The van der Waals surface area contributed by atoms with E-state index in [1.54, 1.807) is 0 Å². The zero-order chi connectivity index (χ0) is 14.4. The van der Waals surface area contributed by atoms with Gasteiger partial charge in [0, 0.05) is 0 Å². The first kappa shape index (κ1) is 14.8. The summed E-state index contributed by atoms with van der Waals surface area (Å²) in [5.41, 5.74) is 3.69. The van der Waals surface area contributed by atoms with Crippen molar-refractivity contribution in [3.05, 3.63) is 47.7 Å². The molecule has 0 radical (unpaired) electrons. The SMILES string of the molecule is CC(C)CCc1ccc(C[N+]2=CC/C(=B/O)C=C2)cc1. The van der Waals surface area contributed by atoms with Crippen LogP contribution in [-0.4, -0.2) is 28.4 Å². The van der Waals surface area contributed by atoms with Gasteiger partial charge in [0.1, 0.15) is 0 Å². The quantitative estimate of drug-likeness (QED) is 0.643. The predicted molar refractivity (Wildman–Crippen MR) is 86.4 cm³/mol. The Balaban J connectivity index is 1.91. The van der Waals surface area contributed by atoms with E-state index in [2.05, 4.69) is 48.9 Å². The molecule has 0 amide bonds. The van der Waals surface area contributed by atoms with Crippen LogP contribution in [0.25, 0.3) is 0 Å². The summed E-state index contributed by atoms with van der Waals surface area (Å²) < 4.78 is 2.16. The summed E-state index contributed by atoms with van der Waals surface area (Å²) in [6, 6.07) is 8.92. The molecule has 2 nitrogen and oxygen atoms in total. The Morgan fingerprint density at radius 3 is 2.45 bits per heavy atom. The molecule has 1 aromatic rings. The minimum atomic E-state index is 0.761. The molecule has 0 spiro atoms. The third kappa shape index (κ3) is 4.48. The molecule has 1 aliphatic rings. The van der Waals surface area contributed by atoms with Crippen LogP contribution in [0, 0.1) is 5.92 Å². The summed E-state index contributed by atoms with van der Waals surface area (Å²) in [5, 5.41) is 8.94. The maximum absolute atomic E-state index is 8.94. The monoisotopic (exact) mass is 268 g/mol. The average molecular weight is 268 g/mol. The van der Waals surface area contributed by atoms with Crippen LogP contribution in [-0.2, 0) is 13.0 Å². The molecule has 3 heteroatoms. The van der Waals surface area contributed by atoms with Crippen LogP contribution < -0.4 is 0 Å². The van der Waals surface area contributed by atoms with Crippen molar-refractivity contribution in [2.75, 3.05) is 0 Å². The molecular weight excluding hydrogens is 245 g/mol. The second kappa shape index (κ2) is 7.23. The van der Waals surface area contributed by atoms with Crippen molar-refractivity contribution in [1.29, 1.82) is 0 Å². The van der Waals surface area contributed by atoms with Gasteiger partial charge in [-0.15, -0.1) is 0 Å². The Bertz CT molecular complexity index is 526. The molecule has 1 heterocycles. The molecule has 0 unspecified atom stereocenters. The topological polar surface area (TPSA) is 23.2 Å². The van der Waals surface area contributed by atoms with Gasteiger partial charge in [0.05, 0.1) is 0 Å². The summed E-state index contributed by atoms with van der Waals surface area (Å²) in [7, 11) is 1.17. The summed E-state index contributed by atoms with van der Waals surface area (Å²) in [5.74, 6) is 0.761. The Morgan fingerprint density at radius 2 is 1.90 bits per heavy atom. The van der Waals surface area contributed by atoms with E-state index in [0.29, 0.717) is 0 Å². The van der Waals surface area contributed by atoms with Gasteiger partial charge in [-0.2, -0.15) is 0 Å².